The number of imidazole rings is 1. The summed E-state index contributed by atoms with van der Waals surface area (Å²) in [6.07, 6.45) is 4.45. The molecule has 4 heterocycles. The van der Waals surface area contributed by atoms with Crippen molar-refractivity contribution in [1.29, 1.82) is 0 Å². The van der Waals surface area contributed by atoms with Crippen LogP contribution in [0.25, 0.3) is 16.6 Å². The van der Waals surface area contributed by atoms with Crippen LogP contribution in [0.5, 0.6) is 0 Å². The first kappa shape index (κ1) is 19.4. The molecule has 31 heavy (non-hydrogen) atoms. The molecule has 0 unspecified atom stereocenters. The van der Waals surface area contributed by atoms with Crippen LogP contribution >= 0.6 is 11.5 Å². The van der Waals surface area contributed by atoms with E-state index in [1.165, 1.54) is 10.9 Å². The number of hydrogen-bond acceptors (Lipinski definition) is 8. The second kappa shape index (κ2) is 6.99. The van der Waals surface area contributed by atoms with Crippen molar-refractivity contribution in [2.24, 2.45) is 0 Å². The molecule has 0 amide bonds. The maximum absolute atomic E-state index is 14.9. The van der Waals surface area contributed by atoms with E-state index in [2.05, 4.69) is 19.1 Å². The average molecular weight is 460 g/mol. The highest BCUT2D eigenvalue weighted by atomic mass is 32.2. The van der Waals surface area contributed by atoms with Gasteiger partial charge in [0.25, 0.3) is 10.0 Å². The van der Waals surface area contributed by atoms with Crippen LogP contribution in [0.15, 0.2) is 63.3 Å². The summed E-state index contributed by atoms with van der Waals surface area (Å²) in [5.41, 5.74) is 1.61. The number of rotatable bonds is 5. The Labute approximate surface area is 177 Å². The van der Waals surface area contributed by atoms with E-state index in [-0.39, 0.29) is 16.2 Å². The first-order chi connectivity index (χ1) is 14.8. The fourth-order valence-electron chi connectivity index (χ4n) is 3.44. The fourth-order valence-corrected chi connectivity index (χ4v) is 5.18. The number of sulfonamides is 1. The van der Waals surface area contributed by atoms with E-state index in [4.69, 9.17) is 4.42 Å². The zero-order valence-electron chi connectivity index (χ0n) is 15.8. The molecule has 1 aromatic carbocycles. The minimum atomic E-state index is -4.30. The second-order valence-corrected chi connectivity index (χ2v) is 9.09. The van der Waals surface area contributed by atoms with Crippen LogP contribution in [0, 0.1) is 5.82 Å². The maximum atomic E-state index is 14.9. The molecule has 0 spiro atoms. The van der Waals surface area contributed by atoms with Gasteiger partial charge >= 0.3 is 5.76 Å². The van der Waals surface area contributed by atoms with Gasteiger partial charge < -0.3 is 8.82 Å². The number of halogens is 1. The fraction of sp³-hybridized carbons (Fsp3) is 0.111. The minimum Gasteiger partial charge on any atom is -0.408 e. The lowest BCUT2D eigenvalue weighted by molar-refractivity contribution is 0.484. The van der Waals surface area contributed by atoms with Crippen molar-refractivity contribution >= 4 is 43.3 Å². The van der Waals surface area contributed by atoms with Crippen LogP contribution in [0.3, 0.4) is 0 Å². The van der Waals surface area contributed by atoms with Gasteiger partial charge in [0.2, 0.25) is 5.13 Å². The van der Waals surface area contributed by atoms with Gasteiger partial charge in [-0.1, -0.05) is 6.07 Å². The van der Waals surface area contributed by atoms with Crippen LogP contribution in [-0.4, -0.2) is 31.7 Å². The van der Waals surface area contributed by atoms with E-state index in [0.29, 0.717) is 0 Å². The molecule has 0 aliphatic rings. The Bertz CT molecular complexity index is 1590. The number of hydrogen-bond donors (Lipinski definition) is 1. The first-order valence-electron chi connectivity index (χ1n) is 8.90. The quantitative estimate of drug-likeness (QED) is 0.427. The molecule has 1 N–H and O–H groups in total. The molecule has 0 aliphatic heterocycles. The van der Waals surface area contributed by atoms with E-state index >= 15 is 0 Å². The molecule has 0 fully saturated rings. The maximum Gasteiger partial charge on any atom is 0.420 e. The van der Waals surface area contributed by atoms with Crippen LogP contribution < -0.4 is 10.5 Å². The molecular formula is C18H13FN6O4S2. The number of benzene rings is 1. The van der Waals surface area contributed by atoms with Crippen molar-refractivity contribution in [1.82, 2.24) is 23.3 Å². The van der Waals surface area contributed by atoms with E-state index in [1.54, 1.807) is 23.8 Å². The number of anilines is 1. The predicted molar refractivity (Wildman–Crippen MR) is 110 cm³/mol. The summed E-state index contributed by atoms with van der Waals surface area (Å²) in [5, 5.41) is -0.0134. The van der Waals surface area contributed by atoms with Crippen LogP contribution in [0.2, 0.25) is 0 Å². The zero-order valence-corrected chi connectivity index (χ0v) is 17.4. The third-order valence-electron chi connectivity index (χ3n) is 4.83. The molecule has 5 aromatic rings. The van der Waals surface area contributed by atoms with Gasteiger partial charge in [0, 0.05) is 29.4 Å². The van der Waals surface area contributed by atoms with Crippen molar-refractivity contribution in [3.8, 4) is 0 Å². The average Bonchev–Trinajstić information content (AvgIpc) is 3.45. The van der Waals surface area contributed by atoms with E-state index in [1.807, 2.05) is 18.2 Å². The van der Waals surface area contributed by atoms with E-state index < -0.39 is 32.5 Å². The highest BCUT2D eigenvalue weighted by Gasteiger charge is 2.26. The van der Waals surface area contributed by atoms with Crippen molar-refractivity contribution in [2.75, 3.05) is 4.72 Å². The highest BCUT2D eigenvalue weighted by molar-refractivity contribution is 7.93. The molecule has 4 aromatic heterocycles. The van der Waals surface area contributed by atoms with Gasteiger partial charge in [-0.2, -0.15) is 4.37 Å². The smallest absolute Gasteiger partial charge is 0.408 e. The molecular weight excluding hydrogens is 447 g/mol. The third-order valence-corrected chi connectivity index (χ3v) is 6.90. The number of pyridine rings is 1. The van der Waals surface area contributed by atoms with Crippen molar-refractivity contribution < 1.29 is 17.2 Å². The number of nitrogens with one attached hydrogen (secondary N) is 1. The molecule has 0 radical (unpaired) electrons. The largest absolute Gasteiger partial charge is 0.420 e. The monoisotopic (exact) mass is 460 g/mol. The highest BCUT2D eigenvalue weighted by Crippen LogP contribution is 2.28. The first-order valence-corrected chi connectivity index (χ1v) is 11.2. The summed E-state index contributed by atoms with van der Waals surface area (Å²) in [5.74, 6) is -1.78. The molecule has 1 atom stereocenters. The van der Waals surface area contributed by atoms with Crippen LogP contribution in [0.4, 0.5) is 9.52 Å². The third kappa shape index (κ3) is 3.18. The molecule has 0 saturated heterocycles. The van der Waals surface area contributed by atoms with Crippen molar-refractivity contribution in [3.63, 3.8) is 0 Å². The number of aromatic nitrogens is 5. The van der Waals surface area contributed by atoms with Gasteiger partial charge in [0.05, 0.1) is 29.6 Å². The Kier molecular flexibility index (Phi) is 4.37. The summed E-state index contributed by atoms with van der Waals surface area (Å²) in [4.78, 5) is 19.8. The number of fused-ring (bicyclic) bond motifs is 2. The standard InChI is InChI=1S/C18H13FN6O4S2/c1-10(13-4-2-3-11-7-20-9-24(11)13)25-14-5-12(19)16(6-15(14)29-18(25)26)31(27,28)23-17-21-8-22-30-17/h2-10H,1H3,(H,21,22,23)/t10-/m0/s1. The Morgan fingerprint density at radius 3 is 2.90 bits per heavy atom. The molecule has 5 rings (SSSR count). The molecule has 10 nitrogen and oxygen atoms in total. The summed E-state index contributed by atoms with van der Waals surface area (Å²) >= 11 is 0.805. The van der Waals surface area contributed by atoms with E-state index in [0.717, 1.165) is 34.9 Å². The van der Waals surface area contributed by atoms with Gasteiger partial charge in [-0.15, -0.1) is 0 Å². The summed E-state index contributed by atoms with van der Waals surface area (Å²) in [6.45, 7) is 1.75. The van der Waals surface area contributed by atoms with Gasteiger partial charge in [-0.3, -0.25) is 9.29 Å². The minimum absolute atomic E-state index is 0.0134. The second-order valence-electron chi connectivity index (χ2n) is 6.66. The Hall–Kier alpha value is -3.58. The van der Waals surface area contributed by atoms with Gasteiger partial charge in [0.15, 0.2) is 5.58 Å². The lowest BCUT2D eigenvalue weighted by atomic mass is 10.2. The Morgan fingerprint density at radius 1 is 1.29 bits per heavy atom. The number of nitrogens with zero attached hydrogens (tertiary/aromatic N) is 5. The molecule has 0 bridgehead atoms. The van der Waals surface area contributed by atoms with Crippen molar-refractivity contribution in [2.45, 2.75) is 17.9 Å². The normalized spacial score (nSPS) is 13.1. The summed E-state index contributed by atoms with van der Waals surface area (Å²) in [6, 6.07) is 6.90. The summed E-state index contributed by atoms with van der Waals surface area (Å²) in [7, 11) is -4.30. The number of oxazole rings is 1. The van der Waals surface area contributed by atoms with Gasteiger partial charge in [-0.05, 0) is 19.1 Å². The molecule has 158 valence electrons. The van der Waals surface area contributed by atoms with Crippen LogP contribution in [-0.2, 0) is 10.0 Å². The molecule has 0 aliphatic carbocycles. The van der Waals surface area contributed by atoms with Gasteiger partial charge in [0.1, 0.15) is 17.0 Å². The zero-order chi connectivity index (χ0) is 21.8. The molecule has 0 saturated carbocycles. The predicted octanol–water partition coefficient (Wildman–Crippen LogP) is 2.64. The Balaban J connectivity index is 1.63. The lowest BCUT2D eigenvalue weighted by Crippen LogP contribution is -2.21. The Morgan fingerprint density at radius 2 is 2.13 bits per heavy atom. The van der Waals surface area contributed by atoms with Crippen molar-refractivity contribution in [3.05, 3.63) is 71.2 Å². The summed E-state index contributed by atoms with van der Waals surface area (Å²) < 4.78 is 54.2. The SMILES string of the molecule is C[C@@H](c1cccc2cncn12)n1c(=O)oc2cc(S(=O)(=O)Nc3ncns3)c(F)cc21. The van der Waals surface area contributed by atoms with E-state index in [9.17, 15) is 17.6 Å². The molecule has 13 heteroatoms. The topological polar surface area (TPSA) is 124 Å². The van der Waals surface area contributed by atoms with Crippen LogP contribution in [0.1, 0.15) is 18.7 Å². The lowest BCUT2D eigenvalue weighted by Gasteiger charge is -2.15. The van der Waals surface area contributed by atoms with Gasteiger partial charge in [-0.25, -0.2) is 27.6 Å².